The molecule has 1 aliphatic rings. The van der Waals surface area contributed by atoms with Crippen LogP contribution in [-0.2, 0) is 19.4 Å². The molecule has 0 aliphatic carbocycles. The number of aryl methyl sites for hydroxylation is 1. The zero-order valence-electron chi connectivity index (χ0n) is 16.9. The van der Waals surface area contributed by atoms with Crippen LogP contribution in [0.15, 0.2) is 47.5 Å². The molecule has 0 saturated heterocycles. The number of carbonyl (C=O) groups is 1. The Morgan fingerprint density at radius 2 is 2.13 bits per heavy atom. The molecule has 3 aromatic rings. The quantitative estimate of drug-likeness (QED) is 0.653. The van der Waals surface area contributed by atoms with Gasteiger partial charge in [-0.05, 0) is 49.1 Å². The molecule has 0 spiro atoms. The molecule has 0 radical (unpaired) electrons. The van der Waals surface area contributed by atoms with Crippen LogP contribution >= 0.6 is 0 Å². The van der Waals surface area contributed by atoms with E-state index in [1.165, 1.54) is 0 Å². The predicted molar refractivity (Wildman–Crippen MR) is 114 cm³/mol. The Hall–Kier alpha value is -3.06. The number of hydrogen-bond donors (Lipinski definition) is 2. The lowest BCUT2D eigenvalue weighted by Crippen LogP contribution is -2.32. The number of rotatable bonds is 6. The third kappa shape index (κ3) is 4.41. The summed E-state index contributed by atoms with van der Waals surface area (Å²) in [7, 11) is 0. The summed E-state index contributed by atoms with van der Waals surface area (Å²) in [5.74, 6) is 0.467. The Kier molecular flexibility index (Phi) is 6.18. The first kappa shape index (κ1) is 20.2. The number of amides is 1. The van der Waals surface area contributed by atoms with Gasteiger partial charge in [-0.2, -0.15) is 0 Å². The summed E-state index contributed by atoms with van der Waals surface area (Å²) in [6.45, 7) is 1.03. The van der Waals surface area contributed by atoms with Gasteiger partial charge in [0.15, 0.2) is 0 Å². The van der Waals surface area contributed by atoms with Crippen LogP contribution < -0.4 is 10.9 Å². The average Bonchev–Trinajstić information content (AvgIpc) is 3.02. The number of benzene rings is 1. The molecule has 0 saturated carbocycles. The molecule has 2 aromatic heterocycles. The largest absolute Gasteiger partial charge is 0.396 e. The van der Waals surface area contributed by atoms with Crippen LogP contribution in [-0.4, -0.2) is 38.7 Å². The molecule has 1 aliphatic heterocycles. The van der Waals surface area contributed by atoms with Gasteiger partial charge in [0.25, 0.3) is 11.5 Å². The van der Waals surface area contributed by atoms with Gasteiger partial charge in [0.2, 0.25) is 0 Å². The van der Waals surface area contributed by atoms with E-state index in [0.717, 1.165) is 37.1 Å². The van der Waals surface area contributed by atoms with E-state index in [1.807, 2.05) is 12.1 Å². The van der Waals surface area contributed by atoms with Gasteiger partial charge < -0.3 is 10.4 Å². The normalized spacial score (nSPS) is 14.7. The maximum Gasteiger partial charge on any atom is 0.261 e. The van der Waals surface area contributed by atoms with Crippen molar-refractivity contribution in [3.05, 3.63) is 70.0 Å². The van der Waals surface area contributed by atoms with Crippen molar-refractivity contribution in [3.63, 3.8) is 0 Å². The fourth-order valence-electron chi connectivity index (χ4n) is 3.95. The molecule has 0 bridgehead atoms. The first-order chi connectivity index (χ1) is 14.7. The Morgan fingerprint density at radius 3 is 2.93 bits per heavy atom. The highest BCUT2D eigenvalue weighted by atomic mass is 16.3. The zero-order chi connectivity index (χ0) is 20.9. The maximum atomic E-state index is 12.8. The highest BCUT2D eigenvalue weighted by molar-refractivity contribution is 5.97. The van der Waals surface area contributed by atoms with Crippen molar-refractivity contribution in [3.8, 4) is 0 Å². The van der Waals surface area contributed by atoms with E-state index in [0.29, 0.717) is 36.0 Å². The lowest BCUT2D eigenvalue weighted by atomic mass is 10.0. The van der Waals surface area contributed by atoms with Gasteiger partial charge in [-0.3, -0.25) is 19.1 Å². The third-order valence-electron chi connectivity index (χ3n) is 5.64. The van der Waals surface area contributed by atoms with Crippen LogP contribution in [0.4, 0.5) is 0 Å². The minimum atomic E-state index is -0.238. The van der Waals surface area contributed by atoms with Crippen molar-refractivity contribution >= 4 is 16.8 Å². The van der Waals surface area contributed by atoms with Crippen molar-refractivity contribution in [2.45, 2.75) is 38.6 Å². The van der Waals surface area contributed by atoms with Crippen LogP contribution in [0.1, 0.15) is 41.0 Å². The minimum Gasteiger partial charge on any atom is -0.396 e. The molecule has 1 atom stereocenters. The van der Waals surface area contributed by atoms with Gasteiger partial charge in [-0.1, -0.05) is 12.5 Å². The smallest absolute Gasteiger partial charge is 0.261 e. The predicted octanol–water partition coefficient (Wildman–Crippen LogP) is 2.10. The van der Waals surface area contributed by atoms with Crippen LogP contribution in [0.25, 0.3) is 10.9 Å². The molecule has 0 fully saturated rings. The molecule has 7 heteroatoms. The highest BCUT2D eigenvalue weighted by Gasteiger charge is 2.16. The molecule has 7 nitrogen and oxygen atoms in total. The van der Waals surface area contributed by atoms with Gasteiger partial charge in [-0.25, -0.2) is 4.98 Å². The molecule has 1 aromatic carbocycles. The number of carbonyl (C=O) groups excluding carboxylic acids is 1. The summed E-state index contributed by atoms with van der Waals surface area (Å²) in [6.07, 6.45) is 8.00. The van der Waals surface area contributed by atoms with Crippen molar-refractivity contribution in [1.29, 1.82) is 0 Å². The van der Waals surface area contributed by atoms with E-state index >= 15 is 0 Å². The number of pyridine rings is 1. The summed E-state index contributed by atoms with van der Waals surface area (Å²) in [6, 6.07) is 8.85. The highest BCUT2D eigenvalue weighted by Crippen LogP contribution is 2.16. The van der Waals surface area contributed by atoms with Crippen LogP contribution in [0, 0.1) is 5.92 Å². The average molecular weight is 406 g/mol. The summed E-state index contributed by atoms with van der Waals surface area (Å²) >= 11 is 0. The first-order valence-corrected chi connectivity index (χ1v) is 10.5. The summed E-state index contributed by atoms with van der Waals surface area (Å²) < 4.78 is 1.78. The number of aromatic nitrogens is 3. The number of aliphatic hydroxyl groups excluding tert-OH is 1. The van der Waals surface area contributed by atoms with E-state index in [-0.39, 0.29) is 24.0 Å². The molecule has 1 amide bonds. The zero-order valence-corrected chi connectivity index (χ0v) is 16.9. The fourth-order valence-corrected chi connectivity index (χ4v) is 3.95. The summed E-state index contributed by atoms with van der Waals surface area (Å²) in [4.78, 5) is 34.3. The number of fused-ring (bicyclic) bond motifs is 2. The molecular formula is C23H26N4O3. The number of nitrogens with zero attached hydrogens (tertiary/aromatic N) is 3. The van der Waals surface area contributed by atoms with Gasteiger partial charge in [-0.15, -0.1) is 0 Å². The van der Waals surface area contributed by atoms with Crippen molar-refractivity contribution in [2.75, 3.05) is 13.2 Å². The van der Waals surface area contributed by atoms with Crippen molar-refractivity contribution < 1.29 is 9.90 Å². The lowest BCUT2D eigenvalue weighted by Gasteiger charge is -2.15. The number of hydrogen-bond acceptors (Lipinski definition) is 5. The van der Waals surface area contributed by atoms with Crippen LogP contribution in [0.5, 0.6) is 0 Å². The Morgan fingerprint density at radius 1 is 1.23 bits per heavy atom. The molecule has 2 N–H and O–H groups in total. The van der Waals surface area contributed by atoms with Crippen molar-refractivity contribution in [1.82, 2.24) is 19.9 Å². The van der Waals surface area contributed by atoms with E-state index in [1.54, 1.807) is 35.2 Å². The number of aliphatic hydroxyl groups is 1. The molecule has 30 heavy (non-hydrogen) atoms. The SMILES string of the molecule is O=C(NC[C@H](CO)Cc1cccnc1)c1ccc2c(=O)n3c(nc2c1)CCCCC3. The van der Waals surface area contributed by atoms with Crippen LogP contribution in [0.2, 0.25) is 0 Å². The van der Waals surface area contributed by atoms with Crippen LogP contribution in [0.3, 0.4) is 0 Å². The minimum absolute atomic E-state index is 0.0272. The topological polar surface area (TPSA) is 97.1 Å². The third-order valence-corrected chi connectivity index (χ3v) is 5.64. The second-order valence-electron chi connectivity index (χ2n) is 7.85. The van der Waals surface area contributed by atoms with E-state index in [2.05, 4.69) is 15.3 Å². The maximum absolute atomic E-state index is 12.8. The summed E-state index contributed by atoms with van der Waals surface area (Å²) in [5, 5.41) is 13.1. The van der Waals surface area contributed by atoms with Gasteiger partial charge in [0.1, 0.15) is 5.82 Å². The van der Waals surface area contributed by atoms with Gasteiger partial charge in [0.05, 0.1) is 10.9 Å². The van der Waals surface area contributed by atoms with Crippen molar-refractivity contribution in [2.24, 2.45) is 5.92 Å². The molecular weight excluding hydrogens is 380 g/mol. The summed E-state index contributed by atoms with van der Waals surface area (Å²) in [5.41, 5.74) is 2.02. The Bertz CT molecular complexity index is 1090. The fraction of sp³-hybridized carbons (Fsp3) is 0.391. The van der Waals surface area contributed by atoms with E-state index in [9.17, 15) is 14.7 Å². The second kappa shape index (κ2) is 9.17. The molecule has 4 rings (SSSR count). The Labute approximate surface area is 174 Å². The van der Waals surface area contributed by atoms with E-state index in [4.69, 9.17) is 0 Å². The van der Waals surface area contributed by atoms with Gasteiger partial charge >= 0.3 is 0 Å². The standard InChI is InChI=1S/C23H26N4O3/c28-15-17(11-16-5-4-9-24-13-16)14-25-22(29)18-7-8-19-20(12-18)26-21-6-2-1-3-10-27(21)23(19)30/h4-5,7-9,12-13,17,28H,1-3,6,10-11,14-15H2,(H,25,29)/t17-/m1/s1. The number of nitrogens with one attached hydrogen (secondary N) is 1. The first-order valence-electron chi connectivity index (χ1n) is 10.5. The van der Waals surface area contributed by atoms with E-state index < -0.39 is 0 Å². The monoisotopic (exact) mass is 406 g/mol. The molecule has 0 unspecified atom stereocenters. The van der Waals surface area contributed by atoms with Gasteiger partial charge in [0, 0.05) is 50.0 Å². The molecule has 156 valence electrons. The Balaban J connectivity index is 1.49. The lowest BCUT2D eigenvalue weighted by molar-refractivity contribution is 0.0940. The second-order valence-corrected chi connectivity index (χ2v) is 7.85. The molecule has 3 heterocycles.